The Balaban J connectivity index is 3.17. The second-order valence-electron chi connectivity index (χ2n) is 2.21. The van der Waals surface area contributed by atoms with E-state index in [4.69, 9.17) is 10.0 Å². The molecule has 0 fully saturated rings. The first-order valence-corrected chi connectivity index (χ1v) is 3.09. The van der Waals surface area contributed by atoms with Crippen LogP contribution in [0.1, 0.15) is 5.56 Å². The SMILES string of the molecule is Cc1c(F)cncc1B(O)O. The van der Waals surface area contributed by atoms with Crippen molar-refractivity contribution in [3.8, 4) is 0 Å². The van der Waals surface area contributed by atoms with Gasteiger partial charge in [0, 0.05) is 11.7 Å². The second-order valence-corrected chi connectivity index (χ2v) is 2.21. The monoisotopic (exact) mass is 155 g/mol. The second kappa shape index (κ2) is 2.98. The maximum atomic E-state index is 12.7. The maximum absolute atomic E-state index is 12.7. The quantitative estimate of drug-likeness (QED) is 0.522. The topological polar surface area (TPSA) is 53.4 Å². The lowest BCUT2D eigenvalue weighted by atomic mass is 9.78. The Morgan fingerprint density at radius 1 is 1.45 bits per heavy atom. The molecule has 11 heavy (non-hydrogen) atoms. The summed E-state index contributed by atoms with van der Waals surface area (Å²) in [6.45, 7) is 1.46. The third-order valence-corrected chi connectivity index (χ3v) is 1.47. The molecule has 0 aliphatic heterocycles. The van der Waals surface area contributed by atoms with Crippen LogP contribution in [0.5, 0.6) is 0 Å². The summed E-state index contributed by atoms with van der Waals surface area (Å²) in [5.41, 5.74) is 0.319. The number of aromatic nitrogens is 1. The molecule has 5 heteroatoms. The van der Waals surface area contributed by atoms with Crippen molar-refractivity contribution in [3.63, 3.8) is 0 Å². The van der Waals surface area contributed by atoms with Crippen LogP contribution in [0.15, 0.2) is 12.4 Å². The van der Waals surface area contributed by atoms with Crippen molar-refractivity contribution in [1.82, 2.24) is 4.98 Å². The number of pyridine rings is 1. The standard InChI is InChI=1S/C6H7BFNO2/c1-4-5(7(10)11)2-9-3-6(4)8/h2-3,10-11H,1H3. The molecule has 1 heterocycles. The van der Waals surface area contributed by atoms with Crippen molar-refractivity contribution >= 4 is 12.6 Å². The summed E-state index contributed by atoms with van der Waals surface area (Å²) in [5, 5.41) is 17.4. The summed E-state index contributed by atoms with van der Waals surface area (Å²) in [6.07, 6.45) is 2.25. The van der Waals surface area contributed by atoms with E-state index in [2.05, 4.69) is 4.98 Å². The highest BCUT2D eigenvalue weighted by molar-refractivity contribution is 6.59. The van der Waals surface area contributed by atoms with Gasteiger partial charge >= 0.3 is 7.12 Å². The average Bonchev–Trinajstić information content (AvgIpc) is 1.94. The average molecular weight is 155 g/mol. The van der Waals surface area contributed by atoms with Crippen LogP contribution in [-0.2, 0) is 0 Å². The largest absolute Gasteiger partial charge is 0.490 e. The summed E-state index contributed by atoms with van der Waals surface area (Å²) >= 11 is 0. The molecule has 0 unspecified atom stereocenters. The smallest absolute Gasteiger partial charge is 0.423 e. The van der Waals surface area contributed by atoms with Crippen LogP contribution in [0.4, 0.5) is 4.39 Å². The zero-order valence-electron chi connectivity index (χ0n) is 5.95. The molecule has 0 aromatic carbocycles. The van der Waals surface area contributed by atoms with Crippen LogP contribution < -0.4 is 5.46 Å². The third-order valence-electron chi connectivity index (χ3n) is 1.47. The van der Waals surface area contributed by atoms with E-state index in [9.17, 15) is 4.39 Å². The van der Waals surface area contributed by atoms with Crippen molar-refractivity contribution in [2.45, 2.75) is 6.92 Å². The molecule has 1 aromatic heterocycles. The number of halogens is 1. The first kappa shape index (κ1) is 8.16. The van der Waals surface area contributed by atoms with Gasteiger partial charge < -0.3 is 10.0 Å². The molecular weight excluding hydrogens is 148 g/mol. The van der Waals surface area contributed by atoms with Crippen LogP contribution in [-0.4, -0.2) is 22.2 Å². The lowest BCUT2D eigenvalue weighted by Gasteiger charge is -2.02. The highest BCUT2D eigenvalue weighted by Gasteiger charge is 2.15. The molecule has 0 atom stereocenters. The van der Waals surface area contributed by atoms with Crippen molar-refractivity contribution < 1.29 is 14.4 Å². The molecular formula is C6H7BFNO2. The van der Waals surface area contributed by atoms with Gasteiger partial charge in [0.15, 0.2) is 0 Å². The summed E-state index contributed by atoms with van der Waals surface area (Å²) in [6, 6.07) is 0. The molecule has 58 valence electrons. The summed E-state index contributed by atoms with van der Waals surface area (Å²) in [4.78, 5) is 3.47. The van der Waals surface area contributed by atoms with Gasteiger partial charge in [-0.2, -0.15) is 0 Å². The molecule has 2 N–H and O–H groups in total. The minimum Gasteiger partial charge on any atom is -0.423 e. The predicted molar refractivity (Wildman–Crippen MR) is 38.8 cm³/mol. The van der Waals surface area contributed by atoms with E-state index >= 15 is 0 Å². The summed E-state index contributed by atoms with van der Waals surface area (Å²) in [7, 11) is -1.65. The number of hydrogen-bond acceptors (Lipinski definition) is 3. The number of hydrogen-bond donors (Lipinski definition) is 2. The fourth-order valence-electron chi connectivity index (χ4n) is 0.775. The van der Waals surface area contributed by atoms with Crippen molar-refractivity contribution in [3.05, 3.63) is 23.8 Å². The summed E-state index contributed by atoms with van der Waals surface area (Å²) < 4.78 is 12.7. The van der Waals surface area contributed by atoms with Gasteiger partial charge in [-0.25, -0.2) is 4.39 Å². The highest BCUT2D eigenvalue weighted by atomic mass is 19.1. The zero-order valence-corrected chi connectivity index (χ0v) is 5.95. The van der Waals surface area contributed by atoms with E-state index in [1.807, 2.05) is 0 Å². The van der Waals surface area contributed by atoms with Gasteiger partial charge in [0.1, 0.15) is 5.82 Å². The fraction of sp³-hybridized carbons (Fsp3) is 0.167. The first-order chi connectivity index (χ1) is 5.13. The van der Waals surface area contributed by atoms with Gasteiger partial charge in [-0.3, -0.25) is 4.98 Å². The van der Waals surface area contributed by atoms with Crippen LogP contribution in [0.3, 0.4) is 0 Å². The van der Waals surface area contributed by atoms with Crippen LogP contribution in [0.25, 0.3) is 0 Å². The van der Waals surface area contributed by atoms with E-state index in [1.54, 1.807) is 0 Å². The predicted octanol–water partition coefficient (Wildman–Crippen LogP) is -0.791. The molecule has 0 aliphatic carbocycles. The van der Waals surface area contributed by atoms with Crippen LogP contribution in [0.2, 0.25) is 0 Å². The Morgan fingerprint density at radius 3 is 2.55 bits per heavy atom. The van der Waals surface area contributed by atoms with Crippen LogP contribution >= 0.6 is 0 Å². The Hall–Kier alpha value is -0.935. The summed E-state index contributed by atoms with van der Waals surface area (Å²) in [5.74, 6) is -0.532. The number of nitrogens with zero attached hydrogens (tertiary/aromatic N) is 1. The molecule has 0 radical (unpaired) electrons. The molecule has 0 saturated carbocycles. The molecule has 1 rings (SSSR count). The normalized spacial score (nSPS) is 9.82. The van der Waals surface area contributed by atoms with E-state index in [0.717, 1.165) is 6.20 Å². The van der Waals surface area contributed by atoms with Gasteiger partial charge in [0.05, 0.1) is 6.20 Å². The molecule has 0 aliphatic rings. The zero-order chi connectivity index (χ0) is 8.43. The molecule has 0 spiro atoms. The lowest BCUT2D eigenvalue weighted by molar-refractivity contribution is 0.425. The highest BCUT2D eigenvalue weighted by Crippen LogP contribution is 1.99. The van der Waals surface area contributed by atoms with E-state index in [0.29, 0.717) is 0 Å². The van der Waals surface area contributed by atoms with E-state index < -0.39 is 12.9 Å². The van der Waals surface area contributed by atoms with Gasteiger partial charge in [-0.15, -0.1) is 0 Å². The molecule has 0 saturated heterocycles. The van der Waals surface area contributed by atoms with Crippen molar-refractivity contribution in [2.24, 2.45) is 0 Å². The van der Waals surface area contributed by atoms with Gasteiger partial charge in [0.2, 0.25) is 0 Å². The van der Waals surface area contributed by atoms with Crippen LogP contribution in [0, 0.1) is 12.7 Å². The maximum Gasteiger partial charge on any atom is 0.490 e. The molecule has 0 bridgehead atoms. The van der Waals surface area contributed by atoms with E-state index in [-0.39, 0.29) is 11.0 Å². The minimum atomic E-state index is -1.65. The Bertz CT molecular complexity index is 267. The van der Waals surface area contributed by atoms with Gasteiger partial charge in [-0.05, 0) is 12.5 Å². The molecule has 1 aromatic rings. The van der Waals surface area contributed by atoms with Gasteiger partial charge in [-0.1, -0.05) is 0 Å². The molecule has 0 amide bonds. The minimum absolute atomic E-state index is 0.102. The first-order valence-electron chi connectivity index (χ1n) is 3.09. The Kier molecular flexibility index (Phi) is 2.21. The third kappa shape index (κ3) is 1.55. The number of rotatable bonds is 1. The lowest BCUT2D eigenvalue weighted by Crippen LogP contribution is -2.33. The molecule has 3 nitrogen and oxygen atoms in total. The van der Waals surface area contributed by atoms with Crippen molar-refractivity contribution in [1.29, 1.82) is 0 Å². The Labute approximate surface area is 63.7 Å². The fourth-order valence-corrected chi connectivity index (χ4v) is 0.775. The van der Waals surface area contributed by atoms with Crippen molar-refractivity contribution in [2.75, 3.05) is 0 Å². The Morgan fingerprint density at radius 2 is 2.09 bits per heavy atom. The van der Waals surface area contributed by atoms with E-state index in [1.165, 1.54) is 13.1 Å². The van der Waals surface area contributed by atoms with Gasteiger partial charge in [0.25, 0.3) is 0 Å².